The lowest BCUT2D eigenvalue weighted by molar-refractivity contribution is -0.123. The Morgan fingerprint density at radius 1 is 1.00 bits per heavy atom. The molecule has 0 bridgehead atoms. The summed E-state index contributed by atoms with van der Waals surface area (Å²) in [7, 11) is 0. The SMILES string of the molecule is O=C1NCC(CO)C1(c1ccccc1)c1ccccc1. The van der Waals surface area contributed by atoms with Crippen LogP contribution in [0.15, 0.2) is 60.7 Å². The van der Waals surface area contributed by atoms with E-state index in [0.29, 0.717) is 6.54 Å². The monoisotopic (exact) mass is 267 g/mol. The highest BCUT2D eigenvalue weighted by atomic mass is 16.3. The number of hydrogen-bond donors (Lipinski definition) is 2. The summed E-state index contributed by atoms with van der Waals surface area (Å²) >= 11 is 0. The van der Waals surface area contributed by atoms with Crippen molar-refractivity contribution in [2.24, 2.45) is 5.92 Å². The van der Waals surface area contributed by atoms with E-state index in [2.05, 4.69) is 5.32 Å². The maximum Gasteiger partial charge on any atom is 0.235 e. The number of carbonyl (C=O) groups is 1. The lowest BCUT2D eigenvalue weighted by atomic mass is 9.67. The Kier molecular flexibility index (Phi) is 3.28. The highest BCUT2D eigenvalue weighted by molar-refractivity contribution is 5.94. The molecular weight excluding hydrogens is 250 g/mol. The predicted molar refractivity (Wildman–Crippen MR) is 77.2 cm³/mol. The van der Waals surface area contributed by atoms with E-state index in [0.717, 1.165) is 11.1 Å². The van der Waals surface area contributed by atoms with Crippen molar-refractivity contribution in [3.8, 4) is 0 Å². The largest absolute Gasteiger partial charge is 0.396 e. The maximum absolute atomic E-state index is 12.6. The first-order chi connectivity index (χ1) is 9.80. The van der Waals surface area contributed by atoms with Crippen LogP contribution in [-0.4, -0.2) is 24.2 Å². The molecule has 2 aromatic carbocycles. The molecule has 2 N–H and O–H groups in total. The molecule has 1 aliphatic rings. The van der Waals surface area contributed by atoms with E-state index < -0.39 is 5.41 Å². The molecule has 0 saturated carbocycles. The van der Waals surface area contributed by atoms with Crippen molar-refractivity contribution in [3.63, 3.8) is 0 Å². The second-order valence-electron chi connectivity index (χ2n) is 5.13. The number of benzene rings is 2. The van der Waals surface area contributed by atoms with Crippen LogP contribution >= 0.6 is 0 Å². The van der Waals surface area contributed by atoms with Gasteiger partial charge < -0.3 is 10.4 Å². The molecule has 0 aliphatic carbocycles. The van der Waals surface area contributed by atoms with Crippen molar-refractivity contribution in [1.29, 1.82) is 0 Å². The standard InChI is InChI=1S/C17H17NO2/c19-12-15-11-18-16(20)17(15,13-7-3-1-4-8-13)14-9-5-2-6-10-14/h1-10,15,19H,11-12H2,(H,18,20). The molecule has 102 valence electrons. The molecule has 3 nitrogen and oxygen atoms in total. The third kappa shape index (κ3) is 1.74. The van der Waals surface area contributed by atoms with Crippen molar-refractivity contribution in [3.05, 3.63) is 71.8 Å². The summed E-state index contributed by atoms with van der Waals surface area (Å²) in [5.41, 5.74) is 1.07. The molecule has 1 aliphatic heterocycles. The molecule has 0 spiro atoms. The van der Waals surface area contributed by atoms with Gasteiger partial charge in [0.2, 0.25) is 5.91 Å². The van der Waals surface area contributed by atoms with Crippen LogP contribution in [0, 0.1) is 5.92 Å². The summed E-state index contributed by atoms with van der Waals surface area (Å²) in [5, 5.41) is 12.7. The van der Waals surface area contributed by atoms with Crippen molar-refractivity contribution in [1.82, 2.24) is 5.32 Å². The fraction of sp³-hybridized carbons (Fsp3) is 0.235. The van der Waals surface area contributed by atoms with Crippen molar-refractivity contribution in [2.45, 2.75) is 5.41 Å². The number of carbonyl (C=O) groups excluding carboxylic acids is 1. The zero-order chi connectivity index (χ0) is 14.0. The van der Waals surface area contributed by atoms with Crippen LogP contribution < -0.4 is 5.32 Å². The van der Waals surface area contributed by atoms with E-state index in [-0.39, 0.29) is 18.4 Å². The Bertz CT molecular complexity index is 555. The van der Waals surface area contributed by atoms with E-state index in [4.69, 9.17) is 0 Å². The van der Waals surface area contributed by atoms with Gasteiger partial charge in [-0.15, -0.1) is 0 Å². The van der Waals surface area contributed by atoms with Gasteiger partial charge in [-0.2, -0.15) is 0 Å². The molecule has 3 heteroatoms. The molecule has 1 atom stereocenters. The van der Waals surface area contributed by atoms with Gasteiger partial charge in [-0.05, 0) is 11.1 Å². The summed E-state index contributed by atoms with van der Waals surface area (Å²) in [6.45, 7) is 0.474. The minimum atomic E-state index is -0.794. The maximum atomic E-state index is 12.6. The van der Waals surface area contributed by atoms with Gasteiger partial charge >= 0.3 is 0 Å². The molecule has 2 aromatic rings. The molecule has 1 saturated heterocycles. The quantitative estimate of drug-likeness (QED) is 0.889. The van der Waals surface area contributed by atoms with Gasteiger partial charge in [0.05, 0.1) is 0 Å². The van der Waals surface area contributed by atoms with Crippen LogP contribution in [0.1, 0.15) is 11.1 Å². The molecule has 1 amide bonds. The van der Waals surface area contributed by atoms with Gasteiger partial charge in [0.15, 0.2) is 0 Å². The Labute approximate surface area is 118 Å². The average molecular weight is 267 g/mol. The lowest BCUT2D eigenvalue weighted by Gasteiger charge is -2.32. The van der Waals surface area contributed by atoms with Gasteiger partial charge in [-0.1, -0.05) is 60.7 Å². The Hall–Kier alpha value is -2.13. The third-order valence-corrected chi connectivity index (χ3v) is 4.16. The van der Waals surface area contributed by atoms with Crippen molar-refractivity contribution in [2.75, 3.05) is 13.2 Å². The minimum absolute atomic E-state index is 0.0253. The van der Waals surface area contributed by atoms with E-state index in [9.17, 15) is 9.90 Å². The van der Waals surface area contributed by atoms with E-state index >= 15 is 0 Å². The zero-order valence-corrected chi connectivity index (χ0v) is 11.1. The summed E-state index contributed by atoms with van der Waals surface area (Å²) in [6, 6.07) is 19.4. The van der Waals surface area contributed by atoms with Crippen LogP contribution in [0.3, 0.4) is 0 Å². The summed E-state index contributed by atoms with van der Waals surface area (Å²) < 4.78 is 0. The van der Waals surface area contributed by atoms with E-state index in [1.807, 2.05) is 60.7 Å². The molecule has 20 heavy (non-hydrogen) atoms. The van der Waals surface area contributed by atoms with Gasteiger partial charge in [0.25, 0.3) is 0 Å². The third-order valence-electron chi connectivity index (χ3n) is 4.16. The minimum Gasteiger partial charge on any atom is -0.396 e. The van der Waals surface area contributed by atoms with E-state index in [1.54, 1.807) is 0 Å². The number of aliphatic hydroxyl groups is 1. The van der Waals surface area contributed by atoms with Crippen LogP contribution in [0.25, 0.3) is 0 Å². The predicted octanol–water partition coefficient (Wildman–Crippen LogP) is 1.71. The number of hydrogen-bond acceptors (Lipinski definition) is 2. The Morgan fingerprint density at radius 3 is 1.95 bits per heavy atom. The smallest absolute Gasteiger partial charge is 0.235 e. The number of aliphatic hydroxyl groups excluding tert-OH is 1. The van der Waals surface area contributed by atoms with Gasteiger partial charge in [0.1, 0.15) is 5.41 Å². The highest BCUT2D eigenvalue weighted by Crippen LogP contribution is 2.42. The van der Waals surface area contributed by atoms with Crippen molar-refractivity contribution < 1.29 is 9.90 Å². The molecule has 1 fully saturated rings. The fourth-order valence-electron chi connectivity index (χ4n) is 3.20. The average Bonchev–Trinajstić information content (AvgIpc) is 2.86. The highest BCUT2D eigenvalue weighted by Gasteiger charge is 2.52. The molecule has 3 rings (SSSR count). The number of nitrogens with one attached hydrogen (secondary N) is 1. The second kappa shape index (κ2) is 5.10. The molecule has 1 heterocycles. The van der Waals surface area contributed by atoms with Gasteiger partial charge in [-0.25, -0.2) is 0 Å². The lowest BCUT2D eigenvalue weighted by Crippen LogP contribution is -2.42. The second-order valence-corrected chi connectivity index (χ2v) is 5.13. The number of amides is 1. The summed E-state index contributed by atoms with van der Waals surface area (Å²) in [6.07, 6.45) is 0. The molecular formula is C17H17NO2. The normalized spacial score (nSPS) is 20.6. The zero-order valence-electron chi connectivity index (χ0n) is 11.1. The van der Waals surface area contributed by atoms with Gasteiger partial charge in [-0.3, -0.25) is 4.79 Å². The first-order valence-electron chi connectivity index (χ1n) is 6.80. The summed E-state index contributed by atoms with van der Waals surface area (Å²) in [5.74, 6) is -0.186. The topological polar surface area (TPSA) is 49.3 Å². The Morgan fingerprint density at radius 2 is 1.50 bits per heavy atom. The summed E-state index contributed by atoms with van der Waals surface area (Å²) in [4.78, 5) is 12.6. The van der Waals surface area contributed by atoms with Crippen molar-refractivity contribution >= 4 is 5.91 Å². The number of rotatable bonds is 3. The first-order valence-corrected chi connectivity index (χ1v) is 6.80. The van der Waals surface area contributed by atoms with Gasteiger partial charge in [0, 0.05) is 19.1 Å². The fourth-order valence-corrected chi connectivity index (χ4v) is 3.20. The van der Waals surface area contributed by atoms with Crippen LogP contribution in [0.2, 0.25) is 0 Å². The van der Waals surface area contributed by atoms with Crippen LogP contribution in [0.5, 0.6) is 0 Å². The molecule has 0 aromatic heterocycles. The molecule has 0 radical (unpaired) electrons. The van der Waals surface area contributed by atoms with E-state index in [1.165, 1.54) is 0 Å². The van der Waals surface area contributed by atoms with Crippen LogP contribution in [0.4, 0.5) is 0 Å². The Balaban J connectivity index is 2.25. The van der Waals surface area contributed by atoms with Crippen LogP contribution in [-0.2, 0) is 10.2 Å². The first kappa shape index (κ1) is 12.9. The molecule has 1 unspecified atom stereocenters.